The molecule has 0 saturated heterocycles. The number of nitrogens with zero attached hydrogens (tertiary/aromatic N) is 3. The number of fused-ring (bicyclic) bond motifs is 1. The minimum atomic E-state index is -0.801. The zero-order valence-electron chi connectivity index (χ0n) is 12.9. The number of hydrogen-bond donors (Lipinski definition) is 0. The van der Waals surface area contributed by atoms with E-state index >= 15 is 0 Å². The molecule has 0 bridgehead atoms. The van der Waals surface area contributed by atoms with Crippen molar-refractivity contribution in [1.29, 1.82) is 0 Å². The molecule has 0 saturated carbocycles. The lowest BCUT2D eigenvalue weighted by Crippen LogP contribution is -2.24. The Bertz CT molecular complexity index is 628. The van der Waals surface area contributed by atoms with Crippen LogP contribution in [0.15, 0.2) is 18.5 Å². The minimum absolute atomic E-state index is 0.140. The topological polar surface area (TPSA) is 47.8 Å². The zero-order valence-corrected chi connectivity index (χ0v) is 13.7. The van der Waals surface area contributed by atoms with Gasteiger partial charge < -0.3 is 0 Å². The van der Waals surface area contributed by atoms with Crippen LogP contribution in [0.2, 0.25) is 0 Å². The third-order valence-electron chi connectivity index (χ3n) is 3.58. The van der Waals surface area contributed by atoms with Crippen molar-refractivity contribution in [2.75, 3.05) is 5.75 Å². The number of hydrogen-bond acceptors (Lipinski definition) is 3. The summed E-state index contributed by atoms with van der Waals surface area (Å²) in [7, 11) is 1.14. The second kappa shape index (κ2) is 5.64. The molecule has 0 aliphatic rings. The molecule has 0 fully saturated rings. The van der Waals surface area contributed by atoms with Crippen molar-refractivity contribution in [3.63, 3.8) is 0 Å². The van der Waals surface area contributed by atoms with E-state index < -0.39 is 10.8 Å². The maximum atomic E-state index is 12.1. The summed E-state index contributed by atoms with van der Waals surface area (Å²) in [5, 5.41) is 5.29. The van der Waals surface area contributed by atoms with Gasteiger partial charge >= 0.3 is 0 Å². The Morgan fingerprint density at radius 3 is 2.70 bits per heavy atom. The highest BCUT2D eigenvalue weighted by molar-refractivity contribution is 7.86. The van der Waals surface area contributed by atoms with Gasteiger partial charge in [-0.05, 0) is 39.2 Å². The molecule has 0 aliphatic heterocycles. The highest BCUT2D eigenvalue weighted by Crippen LogP contribution is 2.23. The van der Waals surface area contributed by atoms with Gasteiger partial charge in [-0.25, -0.2) is 0 Å². The molecule has 0 aliphatic carbocycles. The SMILES string of the molecule is C[C@@H](CCS(=O)C(C)(C)C)c1cc2c(cn1)cnn2C. The van der Waals surface area contributed by atoms with Crippen LogP contribution in [0.3, 0.4) is 0 Å². The van der Waals surface area contributed by atoms with Crippen LogP contribution in [0.4, 0.5) is 0 Å². The molecule has 2 rings (SSSR count). The average Bonchev–Trinajstić information content (AvgIpc) is 2.75. The molecule has 2 aromatic rings. The van der Waals surface area contributed by atoms with E-state index in [4.69, 9.17) is 0 Å². The van der Waals surface area contributed by atoms with Crippen LogP contribution in [-0.2, 0) is 17.8 Å². The fourth-order valence-corrected chi connectivity index (χ4v) is 3.25. The van der Waals surface area contributed by atoms with Crippen molar-refractivity contribution < 1.29 is 4.21 Å². The maximum absolute atomic E-state index is 12.1. The smallest absolute Gasteiger partial charge is 0.0712 e. The van der Waals surface area contributed by atoms with E-state index in [1.165, 1.54) is 0 Å². The lowest BCUT2D eigenvalue weighted by molar-refractivity contribution is 0.636. The van der Waals surface area contributed by atoms with Gasteiger partial charge in [0.2, 0.25) is 0 Å². The van der Waals surface area contributed by atoms with E-state index in [-0.39, 0.29) is 4.75 Å². The summed E-state index contributed by atoms with van der Waals surface area (Å²) in [6, 6.07) is 2.09. The highest BCUT2D eigenvalue weighted by Gasteiger charge is 2.20. The molecular formula is C15H23N3OS. The molecule has 0 spiro atoms. The summed E-state index contributed by atoms with van der Waals surface area (Å²) in [5.41, 5.74) is 2.14. The molecule has 110 valence electrons. The quantitative estimate of drug-likeness (QED) is 0.870. The Labute approximate surface area is 123 Å². The standard InChI is InChI=1S/C15H23N3OS/c1-11(6-7-20(19)15(2,3)4)13-8-14-12(9-16-13)10-17-18(14)5/h8-11H,6-7H2,1-5H3/t11-,20?/m0/s1. The Kier molecular flexibility index (Phi) is 4.28. The number of pyridine rings is 1. The molecule has 2 atom stereocenters. The first-order valence-electron chi connectivity index (χ1n) is 6.95. The van der Waals surface area contributed by atoms with E-state index in [9.17, 15) is 4.21 Å². The van der Waals surface area contributed by atoms with Gasteiger partial charge in [-0.3, -0.25) is 13.9 Å². The Morgan fingerprint density at radius 1 is 1.35 bits per heavy atom. The summed E-state index contributed by atoms with van der Waals surface area (Å²) in [5.74, 6) is 1.02. The number of aryl methyl sites for hydroxylation is 1. The molecule has 0 aromatic carbocycles. The lowest BCUT2D eigenvalue weighted by Gasteiger charge is -2.19. The van der Waals surface area contributed by atoms with Crippen molar-refractivity contribution in [1.82, 2.24) is 14.8 Å². The third kappa shape index (κ3) is 3.26. The van der Waals surface area contributed by atoms with Crippen LogP contribution in [0.1, 0.15) is 45.7 Å². The van der Waals surface area contributed by atoms with E-state index in [0.29, 0.717) is 5.92 Å². The molecule has 4 nitrogen and oxygen atoms in total. The maximum Gasteiger partial charge on any atom is 0.0712 e. The second-order valence-electron chi connectivity index (χ2n) is 6.29. The predicted molar refractivity (Wildman–Crippen MR) is 84.3 cm³/mol. The molecule has 2 aromatic heterocycles. The first kappa shape index (κ1) is 15.2. The van der Waals surface area contributed by atoms with Crippen LogP contribution < -0.4 is 0 Å². The average molecular weight is 293 g/mol. The van der Waals surface area contributed by atoms with Gasteiger partial charge in [0.05, 0.1) is 11.7 Å². The largest absolute Gasteiger partial charge is 0.268 e. The highest BCUT2D eigenvalue weighted by atomic mass is 32.2. The number of rotatable bonds is 4. The van der Waals surface area contributed by atoms with Crippen molar-refractivity contribution in [2.24, 2.45) is 7.05 Å². The van der Waals surface area contributed by atoms with Gasteiger partial charge in [0.15, 0.2) is 0 Å². The van der Waals surface area contributed by atoms with Crippen molar-refractivity contribution >= 4 is 21.7 Å². The first-order chi connectivity index (χ1) is 9.29. The summed E-state index contributed by atoms with van der Waals surface area (Å²) >= 11 is 0. The molecule has 5 heteroatoms. The first-order valence-corrected chi connectivity index (χ1v) is 8.27. The Morgan fingerprint density at radius 2 is 2.05 bits per heavy atom. The van der Waals surface area contributed by atoms with Gasteiger partial charge in [0, 0.05) is 45.6 Å². The number of aromatic nitrogens is 3. The van der Waals surface area contributed by atoms with E-state index in [1.54, 1.807) is 0 Å². The summed E-state index contributed by atoms with van der Waals surface area (Å²) < 4.78 is 13.8. The normalized spacial score (nSPS) is 15.4. The molecule has 0 radical (unpaired) electrons. The molecular weight excluding hydrogens is 270 g/mol. The monoisotopic (exact) mass is 293 g/mol. The lowest BCUT2D eigenvalue weighted by atomic mass is 10.0. The van der Waals surface area contributed by atoms with Gasteiger partial charge in [0.25, 0.3) is 0 Å². The van der Waals surface area contributed by atoms with Gasteiger partial charge in [-0.1, -0.05) is 6.92 Å². The van der Waals surface area contributed by atoms with Gasteiger partial charge in [-0.15, -0.1) is 0 Å². The van der Waals surface area contributed by atoms with Gasteiger partial charge in [0.1, 0.15) is 0 Å². The van der Waals surface area contributed by atoms with Crippen LogP contribution in [0.5, 0.6) is 0 Å². The van der Waals surface area contributed by atoms with E-state index in [1.807, 2.05) is 44.9 Å². The fourth-order valence-electron chi connectivity index (χ4n) is 2.07. The van der Waals surface area contributed by atoms with Crippen molar-refractivity contribution in [3.8, 4) is 0 Å². The third-order valence-corrected chi connectivity index (χ3v) is 5.55. The summed E-state index contributed by atoms with van der Waals surface area (Å²) in [6.45, 7) is 8.21. The van der Waals surface area contributed by atoms with Crippen molar-refractivity contribution in [2.45, 2.75) is 44.8 Å². The van der Waals surface area contributed by atoms with Crippen LogP contribution in [0.25, 0.3) is 10.9 Å². The van der Waals surface area contributed by atoms with Crippen LogP contribution in [-0.4, -0.2) is 29.5 Å². The molecule has 2 heterocycles. The summed E-state index contributed by atoms with van der Waals surface area (Å²) in [4.78, 5) is 4.51. The van der Waals surface area contributed by atoms with Crippen molar-refractivity contribution in [3.05, 3.63) is 24.2 Å². The van der Waals surface area contributed by atoms with Gasteiger partial charge in [-0.2, -0.15) is 5.10 Å². The van der Waals surface area contributed by atoms with Crippen LogP contribution >= 0.6 is 0 Å². The molecule has 1 unspecified atom stereocenters. The molecule has 0 amide bonds. The summed E-state index contributed by atoms with van der Waals surface area (Å²) in [6.07, 6.45) is 4.58. The zero-order chi connectivity index (χ0) is 14.9. The second-order valence-corrected chi connectivity index (χ2v) is 8.61. The molecule has 0 N–H and O–H groups in total. The fraction of sp³-hybridized carbons (Fsp3) is 0.600. The molecule has 20 heavy (non-hydrogen) atoms. The van der Waals surface area contributed by atoms with E-state index in [0.717, 1.165) is 28.8 Å². The Balaban J connectivity index is 2.09. The van der Waals surface area contributed by atoms with Crippen LogP contribution in [0, 0.1) is 0 Å². The van der Waals surface area contributed by atoms with E-state index in [2.05, 4.69) is 23.1 Å². The minimum Gasteiger partial charge on any atom is -0.268 e. The predicted octanol–water partition coefficient (Wildman–Crippen LogP) is 3.01. The Hall–Kier alpha value is -1.23.